The van der Waals surface area contributed by atoms with E-state index in [9.17, 15) is 9.59 Å². The van der Waals surface area contributed by atoms with Crippen LogP contribution in [0.25, 0.3) is 34.2 Å². The molecule has 200 valence electrons. The number of benzene rings is 1. The summed E-state index contributed by atoms with van der Waals surface area (Å²) in [6.45, 7) is 8.00. The number of carbonyl (C=O) groups excluding carboxylic acids is 2. The molecule has 0 aliphatic carbocycles. The standard InChI is InChI=1S/C29H33N3O6/c1-3-7-20-22(18-31(24(20)4-2)10-14-37-16-12-33)26-27(29(36)30-28(26)35)23-19-32(11-15-38-17-13-34)25-9-6-5-8-21(23)25/h3-9,18-19,33-34H,2,10-17H2,1H3,(H,30,35,36)/b7-3-. The van der Waals surface area contributed by atoms with Gasteiger partial charge in [0.05, 0.1) is 50.8 Å². The van der Waals surface area contributed by atoms with Crippen molar-refractivity contribution in [3.05, 3.63) is 71.7 Å². The van der Waals surface area contributed by atoms with Gasteiger partial charge in [-0.05, 0) is 19.1 Å². The Hall–Kier alpha value is -3.76. The van der Waals surface area contributed by atoms with Gasteiger partial charge in [0, 0.05) is 58.8 Å². The fraction of sp³-hybridized carbons (Fsp3) is 0.310. The quantitative estimate of drug-likeness (QED) is 0.223. The van der Waals surface area contributed by atoms with Crippen LogP contribution in [0.1, 0.15) is 29.3 Å². The Morgan fingerprint density at radius 3 is 2.13 bits per heavy atom. The summed E-state index contributed by atoms with van der Waals surface area (Å²) in [4.78, 5) is 26.5. The first-order chi connectivity index (χ1) is 18.5. The van der Waals surface area contributed by atoms with Gasteiger partial charge in [-0.3, -0.25) is 14.9 Å². The van der Waals surface area contributed by atoms with Crippen molar-refractivity contribution in [1.82, 2.24) is 14.5 Å². The fourth-order valence-corrected chi connectivity index (χ4v) is 4.80. The van der Waals surface area contributed by atoms with Crippen molar-refractivity contribution in [1.29, 1.82) is 0 Å². The smallest absolute Gasteiger partial charge is 0.259 e. The summed E-state index contributed by atoms with van der Waals surface area (Å²) < 4.78 is 14.8. The van der Waals surface area contributed by atoms with Crippen LogP contribution in [0.4, 0.5) is 0 Å². The SMILES string of the molecule is C=Cc1c(/C=C\C)c(C2=C(c3cn(CCOCCO)c4ccccc34)C(=O)NC2=O)cn1CCOCCO. The van der Waals surface area contributed by atoms with Crippen LogP contribution in [-0.2, 0) is 32.2 Å². The molecular weight excluding hydrogens is 486 g/mol. The van der Waals surface area contributed by atoms with Crippen LogP contribution >= 0.6 is 0 Å². The van der Waals surface area contributed by atoms with E-state index >= 15 is 0 Å². The molecule has 1 aromatic carbocycles. The van der Waals surface area contributed by atoms with Crippen molar-refractivity contribution >= 4 is 46.0 Å². The minimum Gasteiger partial charge on any atom is -0.394 e. The Kier molecular flexibility index (Phi) is 9.09. The van der Waals surface area contributed by atoms with Crippen LogP contribution in [0.15, 0.2) is 49.3 Å². The van der Waals surface area contributed by atoms with Gasteiger partial charge in [0.1, 0.15) is 0 Å². The number of para-hydroxylation sites is 1. The number of allylic oxidation sites excluding steroid dienone is 1. The summed E-state index contributed by atoms with van der Waals surface area (Å²) in [6.07, 6.45) is 9.23. The van der Waals surface area contributed by atoms with Crippen LogP contribution in [0.5, 0.6) is 0 Å². The van der Waals surface area contributed by atoms with Crippen molar-refractivity contribution in [3.63, 3.8) is 0 Å². The molecule has 0 unspecified atom stereocenters. The van der Waals surface area contributed by atoms with Crippen molar-refractivity contribution in [2.45, 2.75) is 20.0 Å². The molecule has 0 saturated heterocycles. The first-order valence-corrected chi connectivity index (χ1v) is 12.6. The Morgan fingerprint density at radius 2 is 1.50 bits per heavy atom. The Balaban J connectivity index is 1.86. The molecule has 0 atom stereocenters. The van der Waals surface area contributed by atoms with Crippen LogP contribution in [-0.4, -0.2) is 70.8 Å². The average molecular weight is 520 g/mol. The van der Waals surface area contributed by atoms with Gasteiger partial charge in [-0.15, -0.1) is 0 Å². The molecule has 0 saturated carbocycles. The van der Waals surface area contributed by atoms with E-state index in [0.29, 0.717) is 48.6 Å². The number of rotatable bonds is 14. The molecule has 2 aromatic heterocycles. The van der Waals surface area contributed by atoms with Gasteiger partial charge in [0.25, 0.3) is 11.8 Å². The number of aromatic nitrogens is 2. The molecule has 0 radical (unpaired) electrons. The average Bonchev–Trinajstić information content (AvgIpc) is 3.54. The van der Waals surface area contributed by atoms with Gasteiger partial charge in [0.15, 0.2) is 0 Å². The molecule has 3 N–H and O–H groups in total. The number of nitrogens with one attached hydrogen (secondary N) is 1. The summed E-state index contributed by atoms with van der Waals surface area (Å²) >= 11 is 0. The number of aliphatic hydroxyl groups excluding tert-OH is 2. The van der Waals surface area contributed by atoms with Gasteiger partial charge >= 0.3 is 0 Å². The van der Waals surface area contributed by atoms with Crippen molar-refractivity contribution in [2.24, 2.45) is 0 Å². The van der Waals surface area contributed by atoms with Crippen LogP contribution in [0.3, 0.4) is 0 Å². The van der Waals surface area contributed by atoms with Crippen molar-refractivity contribution < 1.29 is 29.3 Å². The lowest BCUT2D eigenvalue weighted by Gasteiger charge is -2.07. The summed E-state index contributed by atoms with van der Waals surface area (Å²) in [6, 6.07) is 7.72. The maximum absolute atomic E-state index is 13.3. The summed E-state index contributed by atoms with van der Waals surface area (Å²) in [5, 5.41) is 21.4. The van der Waals surface area contributed by atoms with E-state index in [1.165, 1.54) is 0 Å². The first-order valence-electron chi connectivity index (χ1n) is 12.6. The maximum Gasteiger partial charge on any atom is 0.259 e. The highest BCUT2D eigenvalue weighted by Gasteiger charge is 2.36. The number of nitrogens with zero attached hydrogens (tertiary/aromatic N) is 2. The molecule has 0 spiro atoms. The zero-order valence-corrected chi connectivity index (χ0v) is 21.5. The second-order valence-electron chi connectivity index (χ2n) is 8.70. The first kappa shape index (κ1) is 27.3. The highest BCUT2D eigenvalue weighted by atomic mass is 16.5. The predicted molar refractivity (Wildman–Crippen MR) is 147 cm³/mol. The third-order valence-corrected chi connectivity index (χ3v) is 6.37. The lowest BCUT2D eigenvalue weighted by molar-refractivity contribution is -0.122. The monoisotopic (exact) mass is 519 g/mol. The predicted octanol–water partition coefficient (Wildman–Crippen LogP) is 2.70. The topological polar surface area (TPSA) is 115 Å². The highest BCUT2D eigenvalue weighted by molar-refractivity contribution is 6.50. The Labute approximate surface area is 221 Å². The van der Waals surface area contributed by atoms with Gasteiger partial charge in [-0.2, -0.15) is 0 Å². The van der Waals surface area contributed by atoms with Gasteiger partial charge in [-0.1, -0.05) is 36.9 Å². The highest BCUT2D eigenvalue weighted by Crippen LogP contribution is 2.39. The molecule has 1 aliphatic heterocycles. The third-order valence-electron chi connectivity index (χ3n) is 6.37. The molecule has 3 aromatic rings. The molecule has 3 heterocycles. The molecule has 0 fully saturated rings. The lowest BCUT2D eigenvalue weighted by Crippen LogP contribution is -2.22. The van der Waals surface area contributed by atoms with Gasteiger partial charge in [0.2, 0.25) is 0 Å². The number of aliphatic hydroxyl groups is 2. The van der Waals surface area contributed by atoms with E-state index in [1.54, 1.807) is 6.08 Å². The largest absolute Gasteiger partial charge is 0.394 e. The van der Waals surface area contributed by atoms with Crippen LogP contribution in [0.2, 0.25) is 0 Å². The molecule has 9 nitrogen and oxygen atoms in total. The van der Waals surface area contributed by atoms with Crippen LogP contribution < -0.4 is 5.32 Å². The number of imide groups is 1. The van der Waals surface area contributed by atoms with E-state index < -0.39 is 11.8 Å². The summed E-state index contributed by atoms with van der Waals surface area (Å²) in [5.41, 5.74) is 4.40. The number of fused-ring (bicyclic) bond motifs is 1. The molecule has 9 heteroatoms. The van der Waals surface area contributed by atoms with E-state index in [1.807, 2.05) is 64.9 Å². The van der Waals surface area contributed by atoms with E-state index in [0.717, 1.165) is 22.2 Å². The number of amides is 2. The third kappa shape index (κ3) is 5.41. The van der Waals surface area contributed by atoms with Gasteiger partial charge < -0.3 is 28.8 Å². The van der Waals surface area contributed by atoms with Crippen LogP contribution in [0, 0.1) is 0 Å². The molecule has 0 bridgehead atoms. The van der Waals surface area contributed by atoms with E-state index in [-0.39, 0.29) is 26.4 Å². The van der Waals surface area contributed by atoms with E-state index in [2.05, 4.69) is 11.9 Å². The minimum atomic E-state index is -0.455. The zero-order chi connectivity index (χ0) is 27.1. The second-order valence-corrected chi connectivity index (χ2v) is 8.70. The molecular formula is C29H33N3O6. The fourth-order valence-electron chi connectivity index (χ4n) is 4.80. The number of ether oxygens (including phenoxy) is 2. The normalized spacial score (nSPS) is 13.9. The molecule has 2 amide bonds. The molecule has 1 aliphatic rings. The Morgan fingerprint density at radius 1 is 0.895 bits per heavy atom. The number of hydrogen-bond acceptors (Lipinski definition) is 6. The summed E-state index contributed by atoms with van der Waals surface area (Å²) in [7, 11) is 0. The lowest BCUT2D eigenvalue weighted by atomic mass is 9.94. The number of hydrogen-bond donors (Lipinski definition) is 3. The molecule has 4 rings (SSSR count). The van der Waals surface area contributed by atoms with Gasteiger partial charge in [-0.25, -0.2) is 0 Å². The maximum atomic E-state index is 13.3. The van der Waals surface area contributed by atoms with Crippen molar-refractivity contribution in [3.8, 4) is 0 Å². The minimum absolute atomic E-state index is 0.0509. The Bertz CT molecular complexity index is 1390. The number of carbonyl (C=O) groups is 2. The van der Waals surface area contributed by atoms with E-state index in [4.69, 9.17) is 19.7 Å². The second kappa shape index (κ2) is 12.7. The summed E-state index contributed by atoms with van der Waals surface area (Å²) in [5.74, 6) is -0.904. The zero-order valence-electron chi connectivity index (χ0n) is 21.5. The molecule has 38 heavy (non-hydrogen) atoms. The van der Waals surface area contributed by atoms with Crippen molar-refractivity contribution in [2.75, 3.05) is 39.6 Å².